The molecule has 0 amide bonds. The molecule has 120 valence electrons. The first-order valence-electron chi connectivity index (χ1n) is 7.13. The monoisotopic (exact) mass is 340 g/mol. The number of aromatic nitrogens is 1. The van der Waals surface area contributed by atoms with Gasteiger partial charge in [-0.1, -0.05) is 29.8 Å². The van der Waals surface area contributed by atoms with Crippen molar-refractivity contribution >= 4 is 22.9 Å². The minimum absolute atomic E-state index is 0.256. The topological polar surface area (TPSA) is 54.4 Å². The Morgan fingerprint density at radius 1 is 1.41 bits per heavy atom. The van der Waals surface area contributed by atoms with Crippen molar-refractivity contribution in [2.24, 2.45) is 0 Å². The van der Waals surface area contributed by atoms with Gasteiger partial charge in [-0.25, -0.2) is 4.98 Å². The van der Waals surface area contributed by atoms with Gasteiger partial charge in [0.1, 0.15) is 5.01 Å². The van der Waals surface area contributed by atoms with Crippen LogP contribution in [0.25, 0.3) is 0 Å². The molecule has 1 unspecified atom stereocenters. The first-order valence-corrected chi connectivity index (χ1v) is 8.39. The Morgan fingerprint density at radius 2 is 2.18 bits per heavy atom. The van der Waals surface area contributed by atoms with Crippen molar-refractivity contribution in [2.75, 3.05) is 13.2 Å². The molecule has 0 fully saturated rings. The highest BCUT2D eigenvalue weighted by molar-refractivity contribution is 7.09. The van der Waals surface area contributed by atoms with Gasteiger partial charge < -0.3 is 15.2 Å². The number of thiazole rings is 1. The van der Waals surface area contributed by atoms with E-state index >= 15 is 0 Å². The fourth-order valence-corrected chi connectivity index (χ4v) is 2.89. The average molecular weight is 341 g/mol. The Kier molecular flexibility index (Phi) is 6.35. The quantitative estimate of drug-likeness (QED) is 0.775. The average Bonchev–Trinajstić information content (AvgIpc) is 3.02. The van der Waals surface area contributed by atoms with Crippen LogP contribution in [0.3, 0.4) is 0 Å². The zero-order valence-corrected chi connectivity index (χ0v) is 14.3. The van der Waals surface area contributed by atoms with Crippen LogP contribution in [0.5, 0.6) is 0 Å². The van der Waals surface area contributed by atoms with Crippen molar-refractivity contribution in [3.8, 4) is 0 Å². The SMILES string of the molecule is CC(C)(NCC(O)COCc1ccccc1Cl)c1nccs1. The molecule has 0 aliphatic heterocycles. The molecule has 2 rings (SSSR count). The summed E-state index contributed by atoms with van der Waals surface area (Å²) >= 11 is 7.65. The first kappa shape index (κ1) is 17.4. The van der Waals surface area contributed by atoms with Gasteiger partial charge in [0.2, 0.25) is 0 Å². The molecule has 0 spiro atoms. The maximum Gasteiger partial charge on any atom is 0.112 e. The van der Waals surface area contributed by atoms with Crippen LogP contribution < -0.4 is 5.32 Å². The second-order valence-electron chi connectivity index (χ2n) is 5.60. The van der Waals surface area contributed by atoms with Gasteiger partial charge in [0, 0.05) is 23.1 Å². The van der Waals surface area contributed by atoms with Gasteiger partial charge in [0.05, 0.1) is 24.9 Å². The maximum atomic E-state index is 10.0. The molecule has 0 aliphatic carbocycles. The van der Waals surface area contributed by atoms with Gasteiger partial charge in [-0.05, 0) is 25.5 Å². The van der Waals surface area contributed by atoms with Crippen LogP contribution in [-0.4, -0.2) is 29.3 Å². The number of ether oxygens (including phenoxy) is 1. The minimum atomic E-state index is -0.582. The second-order valence-corrected chi connectivity index (χ2v) is 6.91. The standard InChI is InChI=1S/C16H21ClN2O2S/c1-16(2,15-18-7-8-22-15)19-9-13(20)11-21-10-12-5-3-4-6-14(12)17/h3-8,13,19-20H,9-11H2,1-2H3. The zero-order valence-electron chi connectivity index (χ0n) is 12.8. The molecule has 1 atom stereocenters. The molecule has 22 heavy (non-hydrogen) atoms. The number of nitrogens with zero attached hydrogens (tertiary/aromatic N) is 1. The lowest BCUT2D eigenvalue weighted by Crippen LogP contribution is -2.42. The van der Waals surface area contributed by atoms with Crippen LogP contribution in [0.4, 0.5) is 0 Å². The van der Waals surface area contributed by atoms with E-state index in [9.17, 15) is 5.11 Å². The molecule has 1 heterocycles. The normalized spacial score (nSPS) is 13.3. The van der Waals surface area contributed by atoms with Gasteiger partial charge in [-0.15, -0.1) is 11.3 Å². The van der Waals surface area contributed by atoms with Crippen LogP contribution in [0.1, 0.15) is 24.4 Å². The third-order valence-electron chi connectivity index (χ3n) is 3.27. The lowest BCUT2D eigenvalue weighted by atomic mass is 10.1. The van der Waals surface area contributed by atoms with Crippen LogP contribution in [0.15, 0.2) is 35.8 Å². The molecule has 4 nitrogen and oxygen atoms in total. The van der Waals surface area contributed by atoms with Crippen molar-refractivity contribution < 1.29 is 9.84 Å². The molecule has 0 bridgehead atoms. The third kappa shape index (κ3) is 5.04. The summed E-state index contributed by atoms with van der Waals surface area (Å²) in [6.45, 7) is 5.18. The van der Waals surface area contributed by atoms with Gasteiger partial charge in [-0.3, -0.25) is 0 Å². The Bertz CT molecular complexity index is 575. The van der Waals surface area contributed by atoms with Crippen molar-refractivity contribution in [3.63, 3.8) is 0 Å². The maximum absolute atomic E-state index is 10.0. The number of rotatable bonds is 8. The summed E-state index contributed by atoms with van der Waals surface area (Å²) in [5.41, 5.74) is 0.658. The molecular formula is C16H21ClN2O2S. The van der Waals surface area contributed by atoms with Crippen molar-refractivity contribution in [2.45, 2.75) is 32.1 Å². The Balaban J connectivity index is 1.72. The van der Waals surface area contributed by atoms with E-state index in [4.69, 9.17) is 16.3 Å². The fraction of sp³-hybridized carbons (Fsp3) is 0.438. The lowest BCUT2D eigenvalue weighted by Gasteiger charge is -2.25. The Hall–Kier alpha value is -0.980. The van der Waals surface area contributed by atoms with E-state index in [0.717, 1.165) is 10.6 Å². The molecule has 2 aromatic rings. The van der Waals surface area contributed by atoms with Crippen molar-refractivity contribution in [3.05, 3.63) is 51.4 Å². The number of nitrogens with one attached hydrogen (secondary N) is 1. The summed E-state index contributed by atoms with van der Waals surface area (Å²) in [7, 11) is 0. The van der Waals surface area contributed by atoms with Crippen LogP contribution >= 0.6 is 22.9 Å². The van der Waals surface area contributed by atoms with E-state index in [-0.39, 0.29) is 12.1 Å². The van der Waals surface area contributed by atoms with Crippen LogP contribution in [0.2, 0.25) is 5.02 Å². The van der Waals surface area contributed by atoms with Crippen molar-refractivity contribution in [1.29, 1.82) is 0 Å². The van der Waals surface area contributed by atoms with Gasteiger partial charge in [0.25, 0.3) is 0 Å². The molecule has 6 heteroatoms. The molecule has 1 aromatic carbocycles. The van der Waals surface area contributed by atoms with E-state index in [1.54, 1.807) is 17.5 Å². The third-order valence-corrected chi connectivity index (χ3v) is 4.74. The fourth-order valence-electron chi connectivity index (χ4n) is 1.96. The largest absolute Gasteiger partial charge is 0.389 e. The van der Waals surface area contributed by atoms with E-state index in [0.29, 0.717) is 18.2 Å². The number of aliphatic hydroxyl groups is 1. The summed E-state index contributed by atoms with van der Waals surface area (Å²) in [6, 6.07) is 7.54. The van der Waals surface area contributed by atoms with Gasteiger partial charge >= 0.3 is 0 Å². The summed E-state index contributed by atoms with van der Waals surface area (Å²) in [4.78, 5) is 4.31. The molecule has 0 radical (unpaired) electrons. The predicted molar refractivity (Wildman–Crippen MR) is 90.3 cm³/mol. The summed E-state index contributed by atoms with van der Waals surface area (Å²) < 4.78 is 5.53. The number of hydrogen-bond acceptors (Lipinski definition) is 5. The van der Waals surface area contributed by atoms with E-state index in [1.807, 2.05) is 43.5 Å². The molecule has 0 saturated heterocycles. The van der Waals surface area contributed by atoms with Crippen LogP contribution in [-0.2, 0) is 16.9 Å². The highest BCUT2D eigenvalue weighted by atomic mass is 35.5. The van der Waals surface area contributed by atoms with Crippen LogP contribution in [0, 0.1) is 0 Å². The predicted octanol–water partition coefficient (Wildman–Crippen LogP) is 3.20. The first-order chi connectivity index (χ1) is 10.5. The summed E-state index contributed by atoms with van der Waals surface area (Å²) in [5, 5.41) is 17.0. The lowest BCUT2D eigenvalue weighted by molar-refractivity contribution is 0.0256. The number of benzene rings is 1. The second kappa shape index (κ2) is 8.04. The number of hydrogen-bond donors (Lipinski definition) is 2. The Labute approximate surface area is 140 Å². The van der Waals surface area contributed by atoms with E-state index in [1.165, 1.54) is 0 Å². The summed E-state index contributed by atoms with van der Waals surface area (Å²) in [6.07, 6.45) is 1.20. The smallest absolute Gasteiger partial charge is 0.112 e. The number of aliphatic hydroxyl groups excluding tert-OH is 1. The molecule has 2 N–H and O–H groups in total. The summed E-state index contributed by atoms with van der Waals surface area (Å²) in [5.74, 6) is 0. The van der Waals surface area contributed by atoms with Gasteiger partial charge in [-0.2, -0.15) is 0 Å². The molecule has 0 saturated carbocycles. The molecular weight excluding hydrogens is 320 g/mol. The van der Waals surface area contributed by atoms with E-state index < -0.39 is 6.10 Å². The Morgan fingerprint density at radius 3 is 2.86 bits per heavy atom. The zero-order chi connectivity index (χ0) is 16.0. The minimum Gasteiger partial charge on any atom is -0.389 e. The van der Waals surface area contributed by atoms with E-state index in [2.05, 4.69) is 10.3 Å². The highest BCUT2D eigenvalue weighted by Crippen LogP contribution is 2.21. The molecule has 1 aromatic heterocycles. The van der Waals surface area contributed by atoms with Gasteiger partial charge in [0.15, 0.2) is 0 Å². The highest BCUT2D eigenvalue weighted by Gasteiger charge is 2.23. The van der Waals surface area contributed by atoms with Crippen molar-refractivity contribution in [1.82, 2.24) is 10.3 Å². The number of halogens is 1. The molecule has 0 aliphatic rings.